The summed E-state index contributed by atoms with van der Waals surface area (Å²) in [5, 5.41) is 7.77. The van der Waals surface area contributed by atoms with E-state index in [1.165, 1.54) is 0 Å². The maximum atomic E-state index is 9.75. The molecule has 0 fully saturated rings. The molecule has 0 bridgehead atoms. The molecule has 0 saturated carbocycles. The second-order valence-corrected chi connectivity index (χ2v) is 4.11. The highest BCUT2D eigenvalue weighted by Gasteiger charge is 2.20. The van der Waals surface area contributed by atoms with E-state index in [0.29, 0.717) is 13.2 Å². The van der Waals surface area contributed by atoms with E-state index in [1.54, 1.807) is 0 Å². The van der Waals surface area contributed by atoms with Crippen LogP contribution >= 0.6 is 0 Å². The second-order valence-electron chi connectivity index (χ2n) is 4.11. The molecule has 21 heavy (non-hydrogen) atoms. The van der Waals surface area contributed by atoms with Crippen molar-refractivity contribution in [2.45, 2.75) is 27.2 Å². The molecule has 1 aromatic carbocycles. The molecular weight excluding hydrogens is 289 g/mol. The topological polar surface area (TPSA) is 42.3 Å². The Bertz CT molecular complexity index is 446. The first-order valence-corrected chi connectivity index (χ1v) is 6.51. The normalized spacial score (nSPS) is 10.4. The third kappa shape index (κ3) is 9.76. The van der Waals surface area contributed by atoms with Crippen LogP contribution in [-0.4, -0.2) is 26.4 Å². The zero-order valence-electron chi connectivity index (χ0n) is 12.3. The smallest absolute Gasteiger partial charge is 0.493 e. The van der Waals surface area contributed by atoms with Crippen molar-refractivity contribution in [1.82, 2.24) is 0 Å². The van der Waals surface area contributed by atoms with Crippen molar-refractivity contribution in [2.24, 2.45) is 0 Å². The Morgan fingerprint density at radius 2 is 1.76 bits per heavy atom. The van der Waals surface area contributed by atoms with E-state index in [0.717, 1.165) is 23.3 Å². The molecule has 0 aliphatic carbocycles. The van der Waals surface area contributed by atoms with Crippen molar-refractivity contribution in [1.29, 1.82) is 5.41 Å². The minimum Gasteiger partial charge on any atom is -0.493 e. The number of ether oxygens (including phenoxy) is 2. The van der Waals surface area contributed by atoms with Gasteiger partial charge in [0.25, 0.3) is 0 Å². The highest BCUT2D eigenvalue weighted by atomic mass is 19.5. The third-order valence-corrected chi connectivity index (χ3v) is 2.13. The molecule has 0 heterocycles. The zero-order chi connectivity index (χ0) is 16.5. The number of aryl methyl sites for hydroxylation is 1. The van der Waals surface area contributed by atoms with Gasteiger partial charge in [-0.3, -0.25) is 5.41 Å². The third-order valence-electron chi connectivity index (χ3n) is 2.13. The lowest BCUT2D eigenvalue weighted by Crippen LogP contribution is -2.08. The van der Waals surface area contributed by atoms with Crippen LogP contribution in [0.1, 0.15) is 31.4 Å². The molecule has 0 unspecified atom stereocenters. The van der Waals surface area contributed by atoms with Crippen LogP contribution < -0.4 is 4.74 Å². The number of hydrogen-bond donors (Lipinski definition) is 1. The maximum absolute atomic E-state index is 9.75. The molecule has 0 amide bonds. The van der Waals surface area contributed by atoms with E-state index in [4.69, 9.17) is 14.9 Å². The summed E-state index contributed by atoms with van der Waals surface area (Å²) in [7, 11) is -6.00. The summed E-state index contributed by atoms with van der Waals surface area (Å²) in [6, 6.07) is 5.78. The predicted molar refractivity (Wildman–Crippen MR) is 75.6 cm³/mol. The van der Waals surface area contributed by atoms with Gasteiger partial charge in [0.05, 0.1) is 18.8 Å². The Hall–Kier alpha value is -1.73. The Morgan fingerprint density at radius 3 is 2.24 bits per heavy atom. The zero-order valence-corrected chi connectivity index (χ0v) is 12.3. The van der Waals surface area contributed by atoms with Gasteiger partial charge in [0.2, 0.25) is 5.90 Å². The summed E-state index contributed by atoms with van der Waals surface area (Å²) in [6.07, 6.45) is 0.954. The van der Waals surface area contributed by atoms with Gasteiger partial charge in [-0.05, 0) is 38.0 Å². The van der Waals surface area contributed by atoms with Gasteiger partial charge in [0, 0.05) is 0 Å². The molecule has 0 atom stereocenters. The van der Waals surface area contributed by atoms with Crippen molar-refractivity contribution < 1.29 is 26.7 Å². The lowest BCUT2D eigenvalue weighted by atomic mass is 10.1. The molecule has 0 aliphatic rings. The molecule has 0 spiro atoms. The second kappa shape index (κ2) is 9.25. The predicted octanol–water partition coefficient (Wildman–Crippen LogP) is 4.45. The van der Waals surface area contributed by atoms with Gasteiger partial charge in [0.15, 0.2) is 0 Å². The lowest BCUT2D eigenvalue weighted by Gasteiger charge is -2.12. The molecular formula is C13H19BF4NO2-. The molecule has 1 aromatic rings. The van der Waals surface area contributed by atoms with Gasteiger partial charge >= 0.3 is 7.25 Å². The van der Waals surface area contributed by atoms with Crippen LogP contribution in [-0.2, 0) is 4.74 Å². The van der Waals surface area contributed by atoms with Gasteiger partial charge in [-0.25, -0.2) is 0 Å². The number of nitrogens with one attached hydrogen (secondary N) is 1. The number of rotatable bonds is 5. The van der Waals surface area contributed by atoms with E-state index in [-0.39, 0.29) is 5.90 Å². The summed E-state index contributed by atoms with van der Waals surface area (Å²) in [4.78, 5) is 0. The molecule has 0 saturated heterocycles. The first-order valence-electron chi connectivity index (χ1n) is 6.51. The van der Waals surface area contributed by atoms with Crippen LogP contribution in [0.3, 0.4) is 0 Å². The number of benzene rings is 1. The van der Waals surface area contributed by atoms with Crippen LogP contribution in [0.25, 0.3) is 0 Å². The molecule has 1 N–H and O–H groups in total. The summed E-state index contributed by atoms with van der Waals surface area (Å²) in [5.74, 6) is 0.911. The van der Waals surface area contributed by atoms with Crippen molar-refractivity contribution in [3.05, 3.63) is 29.3 Å². The fourth-order valence-electron chi connectivity index (χ4n) is 1.37. The molecule has 8 heteroatoms. The summed E-state index contributed by atoms with van der Waals surface area (Å²) in [6.45, 7) is 7.10. The molecule has 3 nitrogen and oxygen atoms in total. The van der Waals surface area contributed by atoms with Gasteiger partial charge in [-0.1, -0.05) is 13.0 Å². The van der Waals surface area contributed by atoms with Gasteiger partial charge in [-0.2, -0.15) is 0 Å². The van der Waals surface area contributed by atoms with Crippen molar-refractivity contribution in [3.63, 3.8) is 0 Å². The molecule has 1 rings (SSSR count). The van der Waals surface area contributed by atoms with Crippen LogP contribution in [0.2, 0.25) is 0 Å². The SMILES string of the molecule is CCCOc1cc(C)ccc1C(=N)OCC.F[B-](F)(F)F. The van der Waals surface area contributed by atoms with Crippen LogP contribution in [0, 0.1) is 12.3 Å². The average Bonchev–Trinajstić information content (AvgIpc) is 2.34. The van der Waals surface area contributed by atoms with Crippen molar-refractivity contribution in [3.8, 4) is 5.75 Å². The Kier molecular flexibility index (Phi) is 8.49. The monoisotopic (exact) mass is 308 g/mol. The number of hydrogen-bond acceptors (Lipinski definition) is 3. The highest BCUT2D eigenvalue weighted by molar-refractivity contribution is 6.50. The quantitative estimate of drug-likeness (QED) is 0.378. The highest BCUT2D eigenvalue weighted by Crippen LogP contribution is 2.21. The molecule has 0 radical (unpaired) electrons. The van der Waals surface area contributed by atoms with E-state index in [1.807, 2.05) is 32.0 Å². The Balaban J connectivity index is 0.000000690. The van der Waals surface area contributed by atoms with Gasteiger partial charge in [-0.15, -0.1) is 0 Å². The summed E-state index contributed by atoms with van der Waals surface area (Å²) in [5.41, 5.74) is 1.85. The maximum Gasteiger partial charge on any atom is 0.673 e. The fourth-order valence-corrected chi connectivity index (χ4v) is 1.37. The van der Waals surface area contributed by atoms with Crippen LogP contribution in [0.15, 0.2) is 18.2 Å². The standard InChI is InChI=1S/C13H19NO2.BF4/c1-4-8-16-12-9-10(3)6-7-11(12)13(14)15-5-2;2-1(3,4)5/h6-7,9,14H,4-5,8H2,1-3H3;/q;-1. The van der Waals surface area contributed by atoms with E-state index in [9.17, 15) is 17.3 Å². The van der Waals surface area contributed by atoms with E-state index < -0.39 is 7.25 Å². The molecule has 120 valence electrons. The summed E-state index contributed by atoms with van der Waals surface area (Å²) >= 11 is 0. The minimum atomic E-state index is -6.00. The van der Waals surface area contributed by atoms with Crippen molar-refractivity contribution >= 4 is 13.2 Å². The summed E-state index contributed by atoms with van der Waals surface area (Å²) < 4.78 is 49.8. The van der Waals surface area contributed by atoms with Crippen LogP contribution in [0.5, 0.6) is 5.75 Å². The van der Waals surface area contributed by atoms with Crippen molar-refractivity contribution in [2.75, 3.05) is 13.2 Å². The van der Waals surface area contributed by atoms with Crippen LogP contribution in [0.4, 0.5) is 17.3 Å². The fraction of sp³-hybridized carbons (Fsp3) is 0.462. The molecule has 0 aromatic heterocycles. The molecule has 0 aliphatic heterocycles. The first kappa shape index (κ1) is 19.3. The van der Waals surface area contributed by atoms with E-state index >= 15 is 0 Å². The van der Waals surface area contributed by atoms with Gasteiger partial charge in [0.1, 0.15) is 5.75 Å². The van der Waals surface area contributed by atoms with Gasteiger partial charge < -0.3 is 26.7 Å². The Morgan fingerprint density at radius 1 is 1.19 bits per heavy atom. The minimum absolute atomic E-state index is 0.175. The largest absolute Gasteiger partial charge is 0.673 e. The number of halogens is 4. The average molecular weight is 308 g/mol. The first-order chi connectivity index (χ1) is 9.69. The lowest BCUT2D eigenvalue weighted by molar-refractivity contribution is 0.305. The van der Waals surface area contributed by atoms with E-state index in [2.05, 4.69) is 6.92 Å². The Labute approximate surface area is 121 Å².